The van der Waals surface area contributed by atoms with E-state index in [9.17, 15) is 14.4 Å². The molecule has 7 nitrogen and oxygen atoms in total. The Labute approximate surface area is 179 Å². The number of ether oxygens (including phenoxy) is 1. The number of allylic oxidation sites excluding steroid dienone is 1. The maximum atomic E-state index is 15.3. The highest BCUT2D eigenvalue weighted by atomic mass is 19.1. The van der Waals surface area contributed by atoms with Crippen molar-refractivity contribution in [2.45, 2.75) is 5.92 Å². The molecule has 4 aromatic rings. The zero-order valence-corrected chi connectivity index (χ0v) is 16.2. The molecule has 1 unspecified atom stereocenters. The first-order valence-electron chi connectivity index (χ1n) is 9.36. The molecule has 0 saturated heterocycles. The average Bonchev–Trinajstić information content (AvgIpc) is 2.79. The van der Waals surface area contributed by atoms with Crippen molar-refractivity contribution in [2.75, 3.05) is 0 Å². The number of nitrogens with two attached hydrogens (primary N) is 1. The molecule has 1 aliphatic rings. The van der Waals surface area contributed by atoms with Gasteiger partial charge in [0, 0.05) is 23.5 Å². The third-order valence-corrected chi connectivity index (χ3v) is 5.23. The molecule has 1 atom stereocenters. The van der Waals surface area contributed by atoms with E-state index < -0.39 is 23.2 Å². The fourth-order valence-electron chi connectivity index (χ4n) is 3.79. The Morgan fingerprint density at radius 3 is 2.56 bits per heavy atom. The number of nitriles is 1. The third kappa shape index (κ3) is 2.97. The number of benzene rings is 2. The van der Waals surface area contributed by atoms with Crippen molar-refractivity contribution >= 4 is 11.0 Å². The molecule has 2 N–H and O–H groups in total. The molecule has 0 fully saturated rings. The largest absolute Gasteiger partial charge is 0.439 e. The lowest BCUT2D eigenvalue weighted by Gasteiger charge is -2.26. The maximum absolute atomic E-state index is 15.3. The molecule has 32 heavy (non-hydrogen) atoms. The monoisotopic (exact) mass is 430 g/mol. The van der Waals surface area contributed by atoms with Gasteiger partial charge in [0.25, 0.3) is 0 Å². The topological polar surface area (TPSA) is 115 Å². The van der Waals surface area contributed by atoms with E-state index in [0.717, 1.165) is 12.1 Å². The van der Waals surface area contributed by atoms with Crippen molar-refractivity contribution in [3.8, 4) is 22.9 Å². The summed E-state index contributed by atoms with van der Waals surface area (Å²) in [6.07, 6.45) is 4.41. The smallest absolute Gasteiger partial charge is 0.344 e. The number of hydrogen-bond donors (Lipinski definition) is 1. The van der Waals surface area contributed by atoms with Crippen LogP contribution >= 0.6 is 0 Å². The van der Waals surface area contributed by atoms with Crippen LogP contribution in [0.4, 0.5) is 8.78 Å². The predicted molar refractivity (Wildman–Crippen MR) is 109 cm³/mol. The summed E-state index contributed by atoms with van der Waals surface area (Å²) in [5.41, 5.74) is 5.99. The van der Waals surface area contributed by atoms with Crippen LogP contribution in [0.2, 0.25) is 0 Å². The molecular weight excluding hydrogens is 418 g/mol. The summed E-state index contributed by atoms with van der Waals surface area (Å²) >= 11 is 0. The highest BCUT2D eigenvalue weighted by Crippen LogP contribution is 2.44. The van der Waals surface area contributed by atoms with Crippen molar-refractivity contribution in [3.05, 3.63) is 99.8 Å². The van der Waals surface area contributed by atoms with E-state index >= 15 is 4.39 Å². The van der Waals surface area contributed by atoms with Crippen LogP contribution in [0.3, 0.4) is 0 Å². The minimum absolute atomic E-state index is 0.0118. The van der Waals surface area contributed by atoms with Gasteiger partial charge in [-0.2, -0.15) is 5.26 Å². The predicted octanol–water partition coefficient (Wildman–Crippen LogP) is 3.75. The Morgan fingerprint density at radius 1 is 1.06 bits per heavy atom. The number of rotatable bonds is 2. The Kier molecular flexibility index (Phi) is 4.41. The van der Waals surface area contributed by atoms with E-state index in [2.05, 4.69) is 9.97 Å². The van der Waals surface area contributed by atoms with Crippen molar-refractivity contribution in [1.29, 1.82) is 5.26 Å². The number of halogens is 2. The molecule has 0 aliphatic carbocycles. The summed E-state index contributed by atoms with van der Waals surface area (Å²) in [6.45, 7) is 0. The summed E-state index contributed by atoms with van der Waals surface area (Å²) in [6, 6.07) is 9.72. The molecule has 2 aromatic carbocycles. The van der Waals surface area contributed by atoms with Gasteiger partial charge in [-0.25, -0.2) is 23.5 Å². The minimum Gasteiger partial charge on any atom is -0.439 e. The van der Waals surface area contributed by atoms with Crippen LogP contribution in [0, 0.1) is 23.0 Å². The van der Waals surface area contributed by atoms with E-state index in [1.54, 1.807) is 6.07 Å². The normalized spacial score (nSPS) is 15.2. The Morgan fingerprint density at radius 2 is 1.84 bits per heavy atom. The number of fused-ring (bicyclic) bond motifs is 3. The standard InChI is InChI=1S/C23H12F2N4O3/c24-13-2-4-18-15(6-13)21-20(23(30)31-18)19(16(7-26)22(27)32-21)14-3-1-11(5-17(14)25)12-8-28-10-29-9-12/h1-6,8-10,19H,27H2. The lowest BCUT2D eigenvalue weighted by Crippen LogP contribution is -2.27. The van der Waals surface area contributed by atoms with Gasteiger partial charge in [-0.05, 0) is 29.8 Å². The molecule has 2 aromatic heterocycles. The van der Waals surface area contributed by atoms with Crippen LogP contribution in [0.25, 0.3) is 22.1 Å². The lowest BCUT2D eigenvalue weighted by molar-refractivity contribution is 0.386. The van der Waals surface area contributed by atoms with Gasteiger partial charge >= 0.3 is 5.63 Å². The Bertz CT molecular complexity index is 1520. The highest BCUT2D eigenvalue weighted by molar-refractivity contribution is 5.86. The quantitative estimate of drug-likeness (QED) is 0.482. The van der Waals surface area contributed by atoms with E-state index in [0.29, 0.717) is 11.1 Å². The molecule has 9 heteroatoms. The fourth-order valence-corrected chi connectivity index (χ4v) is 3.79. The first-order valence-corrected chi connectivity index (χ1v) is 9.36. The zero-order chi connectivity index (χ0) is 22.4. The fraction of sp³-hybridized carbons (Fsp3) is 0.0435. The average molecular weight is 430 g/mol. The molecule has 0 radical (unpaired) electrons. The van der Waals surface area contributed by atoms with Crippen molar-refractivity contribution < 1.29 is 17.9 Å². The molecule has 0 spiro atoms. The summed E-state index contributed by atoms with van der Waals surface area (Å²) < 4.78 is 40.1. The molecule has 0 amide bonds. The first kappa shape index (κ1) is 19.4. The van der Waals surface area contributed by atoms with Gasteiger partial charge in [0.2, 0.25) is 5.88 Å². The van der Waals surface area contributed by atoms with E-state index in [1.165, 1.54) is 36.9 Å². The van der Waals surface area contributed by atoms with Crippen molar-refractivity contribution in [2.24, 2.45) is 5.73 Å². The van der Waals surface area contributed by atoms with Crippen LogP contribution in [0.5, 0.6) is 5.75 Å². The molecular formula is C23H12F2N4O3. The summed E-state index contributed by atoms with van der Waals surface area (Å²) in [4.78, 5) is 20.7. The molecule has 3 heterocycles. The van der Waals surface area contributed by atoms with E-state index in [-0.39, 0.29) is 39.3 Å². The molecule has 5 rings (SSSR count). The van der Waals surface area contributed by atoms with Gasteiger partial charge in [-0.15, -0.1) is 0 Å². The van der Waals surface area contributed by atoms with E-state index in [4.69, 9.17) is 14.9 Å². The van der Waals surface area contributed by atoms with Crippen LogP contribution in [-0.2, 0) is 0 Å². The second-order valence-electron chi connectivity index (χ2n) is 7.06. The SMILES string of the molecule is N#CC1=C(N)Oc2c(c(=O)oc3ccc(F)cc23)C1c1ccc(-c2cncnc2)cc1F. The van der Waals surface area contributed by atoms with Gasteiger partial charge in [0.1, 0.15) is 35.2 Å². The van der Waals surface area contributed by atoms with Gasteiger partial charge in [0.05, 0.1) is 16.9 Å². The Balaban J connectivity index is 1.76. The van der Waals surface area contributed by atoms with Crippen molar-refractivity contribution in [3.63, 3.8) is 0 Å². The maximum Gasteiger partial charge on any atom is 0.344 e. The summed E-state index contributed by atoms with van der Waals surface area (Å²) in [5.74, 6) is -2.86. The Hall–Kier alpha value is -4.58. The van der Waals surface area contributed by atoms with Crippen LogP contribution < -0.4 is 16.1 Å². The molecule has 0 bridgehead atoms. The van der Waals surface area contributed by atoms with Gasteiger partial charge in [-0.3, -0.25) is 0 Å². The summed E-state index contributed by atoms with van der Waals surface area (Å²) in [5, 5.41) is 9.83. The lowest BCUT2D eigenvalue weighted by atomic mass is 9.83. The third-order valence-electron chi connectivity index (χ3n) is 5.23. The first-order chi connectivity index (χ1) is 15.5. The van der Waals surface area contributed by atoms with Crippen LogP contribution in [0.15, 0.2) is 75.8 Å². The van der Waals surface area contributed by atoms with Crippen LogP contribution in [0.1, 0.15) is 17.0 Å². The number of hydrogen-bond acceptors (Lipinski definition) is 7. The second kappa shape index (κ2) is 7.28. The molecule has 1 aliphatic heterocycles. The van der Waals surface area contributed by atoms with Crippen molar-refractivity contribution in [1.82, 2.24) is 9.97 Å². The zero-order valence-electron chi connectivity index (χ0n) is 16.2. The van der Waals surface area contributed by atoms with Crippen LogP contribution in [-0.4, -0.2) is 9.97 Å². The van der Waals surface area contributed by atoms with E-state index in [1.807, 2.05) is 6.07 Å². The van der Waals surface area contributed by atoms with Gasteiger partial charge < -0.3 is 14.9 Å². The van der Waals surface area contributed by atoms with Gasteiger partial charge in [0.15, 0.2) is 5.75 Å². The van der Waals surface area contributed by atoms with Gasteiger partial charge in [-0.1, -0.05) is 12.1 Å². The number of nitrogens with zero attached hydrogens (tertiary/aromatic N) is 3. The number of aromatic nitrogens is 2. The second-order valence-corrected chi connectivity index (χ2v) is 7.06. The highest BCUT2D eigenvalue weighted by Gasteiger charge is 2.37. The molecule has 0 saturated carbocycles. The summed E-state index contributed by atoms with van der Waals surface area (Å²) in [7, 11) is 0. The minimum atomic E-state index is -1.20. The molecule has 156 valence electrons.